The van der Waals surface area contributed by atoms with E-state index >= 15 is 0 Å². The number of carbonyl (C=O) groups excluding carboxylic acids is 4. The molecule has 33 heavy (non-hydrogen) atoms. The number of piperidine rings is 1. The first-order valence-electron chi connectivity index (χ1n) is 10.6. The Morgan fingerprint density at radius 3 is 2.91 bits per heavy atom. The van der Waals surface area contributed by atoms with Crippen molar-refractivity contribution in [2.75, 3.05) is 19.3 Å². The van der Waals surface area contributed by atoms with Crippen LogP contribution in [0, 0.1) is 0 Å². The number of nitrogens with two attached hydrogens (primary N) is 1. The first-order valence-corrected chi connectivity index (χ1v) is 10.6. The number of imide groups is 1. The molecule has 4 rings (SSSR count). The van der Waals surface area contributed by atoms with Gasteiger partial charge in [-0.05, 0) is 31.4 Å². The molecule has 0 aliphatic carbocycles. The molecule has 1 aromatic heterocycles. The molecule has 0 spiro atoms. The third-order valence-corrected chi connectivity index (χ3v) is 5.81. The van der Waals surface area contributed by atoms with Gasteiger partial charge in [0.05, 0.1) is 12.2 Å². The number of nitrogen functional groups attached to an aromatic ring is 1. The van der Waals surface area contributed by atoms with Gasteiger partial charge < -0.3 is 20.1 Å². The molecule has 1 aromatic carbocycles. The summed E-state index contributed by atoms with van der Waals surface area (Å²) >= 11 is 0. The number of carbonyl (C=O) groups is 4. The van der Waals surface area contributed by atoms with Gasteiger partial charge in [-0.3, -0.25) is 24.5 Å². The molecule has 3 amide bonds. The smallest absolute Gasteiger partial charge is 0.252 e. The average molecular weight is 452 g/mol. The van der Waals surface area contributed by atoms with Crippen LogP contribution in [0.25, 0.3) is 11.4 Å². The molecular formula is C22H24N6O5. The number of nitrogens with zero attached hydrogens (tertiary/aromatic N) is 4. The summed E-state index contributed by atoms with van der Waals surface area (Å²) in [7, 11) is 1.51. The summed E-state index contributed by atoms with van der Waals surface area (Å²) in [5.41, 5.74) is 7.64. The quantitative estimate of drug-likeness (QED) is 0.365. The van der Waals surface area contributed by atoms with Gasteiger partial charge in [0.2, 0.25) is 23.5 Å². The SMILES string of the molecule is CN(C(=O)C1=C(C=O)N(Cc2nc(-c3cccc(N)c3)no2)CCC1)C1CCC(=O)NC1=O. The summed E-state index contributed by atoms with van der Waals surface area (Å²) in [6.07, 6.45) is 2.08. The minimum absolute atomic E-state index is 0.155. The van der Waals surface area contributed by atoms with E-state index in [-0.39, 0.29) is 31.0 Å². The maximum Gasteiger partial charge on any atom is 0.252 e. The van der Waals surface area contributed by atoms with Gasteiger partial charge in [0, 0.05) is 36.8 Å². The van der Waals surface area contributed by atoms with Crippen LogP contribution in [0.15, 0.2) is 40.1 Å². The highest BCUT2D eigenvalue weighted by Crippen LogP contribution is 2.26. The number of rotatable bonds is 6. The highest BCUT2D eigenvalue weighted by molar-refractivity contribution is 6.04. The van der Waals surface area contributed by atoms with Gasteiger partial charge in [-0.1, -0.05) is 17.3 Å². The third kappa shape index (κ3) is 4.61. The Balaban J connectivity index is 1.53. The van der Waals surface area contributed by atoms with Crippen LogP contribution in [0.4, 0.5) is 5.69 Å². The Morgan fingerprint density at radius 2 is 2.18 bits per heavy atom. The van der Waals surface area contributed by atoms with E-state index in [9.17, 15) is 19.2 Å². The van der Waals surface area contributed by atoms with Crippen LogP contribution in [0.2, 0.25) is 0 Å². The Hall–Kier alpha value is -4.02. The summed E-state index contributed by atoms with van der Waals surface area (Å²) in [5, 5.41) is 6.23. The molecule has 11 nitrogen and oxygen atoms in total. The van der Waals surface area contributed by atoms with Crippen LogP contribution in [0.1, 0.15) is 31.6 Å². The molecule has 3 N–H and O–H groups in total. The fourth-order valence-corrected chi connectivity index (χ4v) is 4.10. The minimum Gasteiger partial charge on any atom is -0.399 e. The standard InChI is InChI=1S/C22H24N6O5/c1-27(16-7-8-18(30)24-21(16)31)22(32)15-6-3-9-28(17(15)12-29)11-19-25-20(26-33-19)13-4-2-5-14(23)10-13/h2,4-5,10,12,16H,3,6-9,11,23H2,1H3,(H,24,30,31). The van der Waals surface area contributed by atoms with Crippen molar-refractivity contribution in [2.45, 2.75) is 38.3 Å². The topological polar surface area (TPSA) is 152 Å². The van der Waals surface area contributed by atoms with Crippen LogP contribution in [-0.2, 0) is 25.7 Å². The van der Waals surface area contributed by atoms with Crippen molar-refractivity contribution < 1.29 is 23.7 Å². The summed E-state index contributed by atoms with van der Waals surface area (Å²) in [6, 6.07) is 6.32. The normalized spacial score (nSPS) is 18.8. The number of benzene rings is 1. The molecule has 1 unspecified atom stereocenters. The summed E-state index contributed by atoms with van der Waals surface area (Å²) in [5.74, 6) is -0.616. The summed E-state index contributed by atoms with van der Waals surface area (Å²) < 4.78 is 5.35. The van der Waals surface area contributed by atoms with Crippen molar-refractivity contribution in [3.8, 4) is 11.4 Å². The van der Waals surface area contributed by atoms with Crippen molar-refractivity contribution >= 4 is 29.7 Å². The number of amides is 3. The Bertz CT molecular complexity index is 1140. The molecule has 1 saturated heterocycles. The second kappa shape index (κ2) is 9.23. The van der Waals surface area contributed by atoms with Gasteiger partial charge in [0.15, 0.2) is 6.29 Å². The van der Waals surface area contributed by atoms with Crippen LogP contribution in [0.3, 0.4) is 0 Å². The van der Waals surface area contributed by atoms with Crippen molar-refractivity contribution in [3.05, 3.63) is 41.4 Å². The lowest BCUT2D eigenvalue weighted by Crippen LogP contribution is -2.53. The lowest BCUT2D eigenvalue weighted by Gasteiger charge is -2.34. The predicted octanol–water partition coefficient (Wildman–Crippen LogP) is 0.631. The fourth-order valence-electron chi connectivity index (χ4n) is 4.10. The molecule has 3 heterocycles. The van der Waals surface area contributed by atoms with E-state index in [1.165, 1.54) is 11.9 Å². The Labute approximate surface area is 189 Å². The molecule has 0 radical (unpaired) electrons. The molecule has 172 valence electrons. The van der Waals surface area contributed by atoms with Crippen molar-refractivity contribution in [2.24, 2.45) is 0 Å². The van der Waals surface area contributed by atoms with Crippen molar-refractivity contribution in [3.63, 3.8) is 0 Å². The van der Waals surface area contributed by atoms with E-state index in [2.05, 4.69) is 15.5 Å². The zero-order chi connectivity index (χ0) is 23.5. The number of likely N-dealkylation sites (N-methyl/N-ethyl adjacent to an activating group) is 1. The summed E-state index contributed by atoms with van der Waals surface area (Å²) in [6.45, 7) is 0.686. The van der Waals surface area contributed by atoms with Gasteiger partial charge >= 0.3 is 0 Å². The first-order chi connectivity index (χ1) is 15.9. The van der Waals surface area contributed by atoms with Crippen LogP contribution in [0.5, 0.6) is 0 Å². The molecule has 1 atom stereocenters. The first kappa shape index (κ1) is 22.2. The maximum atomic E-state index is 13.2. The highest BCUT2D eigenvalue weighted by atomic mass is 16.5. The molecule has 0 saturated carbocycles. The predicted molar refractivity (Wildman–Crippen MR) is 116 cm³/mol. The Kier molecular flexibility index (Phi) is 6.20. The number of anilines is 1. The number of aromatic nitrogens is 2. The molecule has 2 aromatic rings. The zero-order valence-electron chi connectivity index (χ0n) is 18.1. The van der Waals surface area contributed by atoms with E-state index in [1.54, 1.807) is 23.1 Å². The van der Waals surface area contributed by atoms with Crippen molar-refractivity contribution in [1.29, 1.82) is 0 Å². The van der Waals surface area contributed by atoms with Gasteiger partial charge in [-0.2, -0.15) is 4.98 Å². The van der Waals surface area contributed by atoms with E-state index in [1.807, 2.05) is 6.07 Å². The number of allylic oxidation sites excluding steroid dienone is 1. The van der Waals surface area contributed by atoms with E-state index in [0.29, 0.717) is 54.2 Å². The van der Waals surface area contributed by atoms with Crippen LogP contribution < -0.4 is 11.1 Å². The lowest BCUT2D eigenvalue weighted by atomic mass is 9.98. The second-order valence-corrected chi connectivity index (χ2v) is 8.03. The monoisotopic (exact) mass is 452 g/mol. The van der Waals surface area contributed by atoms with Crippen molar-refractivity contribution in [1.82, 2.24) is 25.3 Å². The largest absolute Gasteiger partial charge is 0.399 e. The van der Waals surface area contributed by atoms with Gasteiger partial charge in [-0.15, -0.1) is 0 Å². The number of hydrogen-bond donors (Lipinski definition) is 2. The van der Waals surface area contributed by atoms with Crippen LogP contribution in [-0.4, -0.2) is 63.6 Å². The molecule has 2 aliphatic rings. The lowest BCUT2D eigenvalue weighted by molar-refractivity contribution is -0.143. The zero-order valence-corrected chi connectivity index (χ0v) is 18.1. The van der Waals surface area contributed by atoms with Gasteiger partial charge in [0.1, 0.15) is 6.04 Å². The Morgan fingerprint density at radius 1 is 1.36 bits per heavy atom. The average Bonchev–Trinajstić information content (AvgIpc) is 3.26. The van der Waals surface area contributed by atoms with Gasteiger partial charge in [-0.25, -0.2) is 0 Å². The number of aldehydes is 1. The highest BCUT2D eigenvalue weighted by Gasteiger charge is 2.35. The van der Waals surface area contributed by atoms with E-state index in [0.717, 1.165) is 0 Å². The number of nitrogens with one attached hydrogen (secondary N) is 1. The second-order valence-electron chi connectivity index (χ2n) is 8.03. The molecule has 0 bridgehead atoms. The third-order valence-electron chi connectivity index (χ3n) is 5.81. The van der Waals surface area contributed by atoms with Crippen LogP contribution >= 0.6 is 0 Å². The molecule has 11 heteroatoms. The van der Waals surface area contributed by atoms with E-state index in [4.69, 9.17) is 10.3 Å². The molecule has 1 fully saturated rings. The fraction of sp³-hybridized carbons (Fsp3) is 0.364. The number of hydrogen-bond acceptors (Lipinski definition) is 9. The van der Waals surface area contributed by atoms with Gasteiger partial charge in [0.25, 0.3) is 5.91 Å². The summed E-state index contributed by atoms with van der Waals surface area (Å²) in [4.78, 5) is 56.1. The minimum atomic E-state index is -0.761. The van der Waals surface area contributed by atoms with E-state index < -0.39 is 17.9 Å². The maximum absolute atomic E-state index is 13.2. The molecular weight excluding hydrogens is 428 g/mol. The molecule has 2 aliphatic heterocycles.